The number of allylic oxidation sites excluding steroid dienone is 1. The van der Waals surface area contributed by atoms with E-state index in [1.165, 1.54) is 55.0 Å². The molecule has 0 fully saturated rings. The first kappa shape index (κ1) is 30.8. The van der Waals surface area contributed by atoms with Crippen LogP contribution in [-0.2, 0) is 6.42 Å². The molecule has 0 amide bonds. The number of ether oxygens (including phenoxy) is 1. The van der Waals surface area contributed by atoms with E-state index >= 15 is 0 Å². The van der Waals surface area contributed by atoms with Crippen LogP contribution < -0.4 is 4.74 Å². The second-order valence-electron chi connectivity index (χ2n) is 15.3. The Kier molecular flexibility index (Phi) is 6.22. The molecule has 11 aromatic rings. The van der Waals surface area contributed by atoms with Crippen molar-refractivity contribution in [3.05, 3.63) is 187 Å². The Balaban J connectivity index is 1.00. The third-order valence-corrected chi connectivity index (χ3v) is 12.3. The van der Waals surface area contributed by atoms with Gasteiger partial charge in [0.25, 0.3) is 0 Å². The van der Waals surface area contributed by atoms with Crippen molar-refractivity contribution in [3.8, 4) is 34.4 Å². The van der Waals surface area contributed by atoms with E-state index in [0.717, 1.165) is 61.9 Å². The van der Waals surface area contributed by atoms with Gasteiger partial charge in [0.05, 0.1) is 33.1 Å². The first-order chi connectivity index (χ1) is 28.3. The fourth-order valence-corrected chi connectivity index (χ4v) is 9.80. The number of rotatable bonds is 3. The van der Waals surface area contributed by atoms with Crippen molar-refractivity contribution in [2.75, 3.05) is 0 Å². The molecule has 8 aromatic carbocycles. The molecule has 266 valence electrons. The molecule has 4 heterocycles. The molecule has 0 radical (unpaired) electrons. The maximum absolute atomic E-state index is 6.51. The highest BCUT2D eigenvalue weighted by molar-refractivity contribution is 6.22. The number of fused-ring (bicyclic) bond motifs is 11. The van der Waals surface area contributed by atoms with Gasteiger partial charge in [0.2, 0.25) is 5.95 Å². The van der Waals surface area contributed by atoms with Gasteiger partial charge < -0.3 is 9.30 Å². The molecule has 2 aliphatic rings. The van der Waals surface area contributed by atoms with Gasteiger partial charge in [-0.15, -0.1) is 0 Å². The number of para-hydroxylation sites is 3. The first-order valence-corrected chi connectivity index (χ1v) is 19.6. The lowest BCUT2D eigenvalue weighted by molar-refractivity contribution is 0.487. The maximum atomic E-state index is 6.51. The molecular formula is C52H32N4O. The zero-order valence-electron chi connectivity index (χ0n) is 30.7. The van der Waals surface area contributed by atoms with Crippen LogP contribution in [0.3, 0.4) is 0 Å². The number of hydrogen-bond acceptors (Lipinski definition) is 3. The Labute approximate surface area is 327 Å². The average molecular weight is 729 g/mol. The highest BCUT2D eigenvalue weighted by Gasteiger charge is 2.28. The maximum Gasteiger partial charge on any atom is 0.235 e. The van der Waals surface area contributed by atoms with E-state index in [2.05, 4.69) is 173 Å². The Bertz CT molecular complexity index is 3540. The smallest absolute Gasteiger partial charge is 0.235 e. The summed E-state index contributed by atoms with van der Waals surface area (Å²) in [4.78, 5) is 10.7. The average Bonchev–Trinajstić information content (AvgIpc) is 3.79. The fraction of sp³-hybridized carbons (Fsp3) is 0.0385. The van der Waals surface area contributed by atoms with Crippen LogP contribution in [0, 0.1) is 0 Å². The lowest BCUT2D eigenvalue weighted by Crippen LogP contribution is -2.08. The Morgan fingerprint density at radius 2 is 1.26 bits per heavy atom. The molecule has 3 aromatic heterocycles. The van der Waals surface area contributed by atoms with Crippen molar-refractivity contribution in [3.63, 3.8) is 0 Å². The molecule has 0 bridgehead atoms. The van der Waals surface area contributed by atoms with E-state index in [1.54, 1.807) is 0 Å². The van der Waals surface area contributed by atoms with Gasteiger partial charge in [0, 0.05) is 39.0 Å². The molecule has 0 saturated carbocycles. The van der Waals surface area contributed by atoms with E-state index in [9.17, 15) is 0 Å². The van der Waals surface area contributed by atoms with Gasteiger partial charge in [-0.25, -0.2) is 9.97 Å². The second-order valence-corrected chi connectivity index (χ2v) is 15.3. The molecule has 1 aliphatic carbocycles. The van der Waals surface area contributed by atoms with Crippen molar-refractivity contribution in [1.29, 1.82) is 0 Å². The van der Waals surface area contributed by atoms with E-state index in [-0.39, 0.29) is 5.92 Å². The van der Waals surface area contributed by atoms with Crippen LogP contribution in [-0.4, -0.2) is 19.1 Å². The van der Waals surface area contributed by atoms with Gasteiger partial charge in [-0.2, -0.15) is 0 Å². The number of nitrogens with zero attached hydrogens (tertiary/aromatic N) is 4. The summed E-state index contributed by atoms with van der Waals surface area (Å²) in [5, 5.41) is 9.46. The van der Waals surface area contributed by atoms with Gasteiger partial charge in [0.15, 0.2) is 0 Å². The summed E-state index contributed by atoms with van der Waals surface area (Å²) < 4.78 is 11.2. The molecule has 1 aliphatic heterocycles. The molecule has 0 N–H and O–H groups in total. The van der Waals surface area contributed by atoms with Crippen LogP contribution in [0.2, 0.25) is 0 Å². The zero-order chi connectivity index (χ0) is 37.2. The van der Waals surface area contributed by atoms with Gasteiger partial charge in [-0.05, 0) is 99.8 Å². The van der Waals surface area contributed by atoms with Gasteiger partial charge in [-0.1, -0.05) is 115 Å². The van der Waals surface area contributed by atoms with Gasteiger partial charge in [-0.3, -0.25) is 4.57 Å². The molecular weight excluding hydrogens is 697 g/mol. The van der Waals surface area contributed by atoms with Crippen molar-refractivity contribution in [2.45, 2.75) is 12.3 Å². The highest BCUT2D eigenvalue weighted by atomic mass is 16.5. The summed E-state index contributed by atoms with van der Waals surface area (Å²) in [6.45, 7) is 0. The van der Waals surface area contributed by atoms with E-state index in [1.807, 2.05) is 12.1 Å². The Hall–Kier alpha value is -7.50. The minimum absolute atomic E-state index is 0.228. The molecule has 13 rings (SSSR count). The Morgan fingerprint density at radius 3 is 2.14 bits per heavy atom. The number of aromatic nitrogens is 4. The number of benzene rings is 8. The minimum Gasteiger partial charge on any atom is -0.456 e. The summed E-state index contributed by atoms with van der Waals surface area (Å²) in [6, 6.07) is 58.5. The van der Waals surface area contributed by atoms with Gasteiger partial charge in [0.1, 0.15) is 11.5 Å². The highest BCUT2D eigenvalue weighted by Crippen LogP contribution is 2.48. The summed E-state index contributed by atoms with van der Waals surface area (Å²) in [6.07, 6.45) is 5.69. The van der Waals surface area contributed by atoms with Crippen LogP contribution in [0.25, 0.3) is 94.1 Å². The molecule has 1 unspecified atom stereocenters. The molecule has 0 saturated heterocycles. The van der Waals surface area contributed by atoms with Crippen molar-refractivity contribution in [1.82, 2.24) is 19.1 Å². The van der Waals surface area contributed by atoms with E-state index in [4.69, 9.17) is 14.7 Å². The van der Waals surface area contributed by atoms with Crippen LogP contribution in [0.15, 0.2) is 170 Å². The fourth-order valence-electron chi connectivity index (χ4n) is 9.80. The SMILES string of the molecule is C1=CC(c2cccc3c2ccc2c3c3ccccc3n2-c2nc3c4c(cccc4n2)Oc2cc4ccccc4cc2-3)Cc2c1n(-c1ccccc1)c1ccccc21. The predicted octanol–water partition coefficient (Wildman–Crippen LogP) is 13.1. The summed E-state index contributed by atoms with van der Waals surface area (Å²) in [5.41, 5.74) is 11.3. The van der Waals surface area contributed by atoms with Crippen LogP contribution in [0.5, 0.6) is 11.5 Å². The zero-order valence-corrected chi connectivity index (χ0v) is 30.7. The largest absolute Gasteiger partial charge is 0.456 e. The molecule has 57 heavy (non-hydrogen) atoms. The molecule has 5 heteroatoms. The molecule has 5 nitrogen and oxygen atoms in total. The Morgan fingerprint density at radius 1 is 0.526 bits per heavy atom. The predicted molar refractivity (Wildman–Crippen MR) is 233 cm³/mol. The number of hydrogen-bond donors (Lipinski definition) is 0. The molecule has 1 atom stereocenters. The summed E-state index contributed by atoms with van der Waals surface area (Å²) in [7, 11) is 0. The van der Waals surface area contributed by atoms with Crippen molar-refractivity contribution >= 4 is 71.2 Å². The topological polar surface area (TPSA) is 44.9 Å². The minimum atomic E-state index is 0.228. The van der Waals surface area contributed by atoms with Crippen LogP contribution >= 0.6 is 0 Å². The van der Waals surface area contributed by atoms with Gasteiger partial charge >= 0.3 is 0 Å². The van der Waals surface area contributed by atoms with Crippen LogP contribution in [0.4, 0.5) is 0 Å². The third kappa shape index (κ3) is 4.34. The summed E-state index contributed by atoms with van der Waals surface area (Å²) in [5.74, 6) is 2.47. The van der Waals surface area contributed by atoms with Crippen molar-refractivity contribution in [2.24, 2.45) is 0 Å². The van der Waals surface area contributed by atoms with E-state index in [0.29, 0.717) is 5.95 Å². The lowest BCUT2D eigenvalue weighted by atomic mass is 9.84. The quantitative estimate of drug-likeness (QED) is 0.182. The third-order valence-electron chi connectivity index (χ3n) is 12.3. The van der Waals surface area contributed by atoms with Crippen molar-refractivity contribution < 1.29 is 4.74 Å². The van der Waals surface area contributed by atoms with Crippen LogP contribution in [0.1, 0.15) is 22.7 Å². The second kappa shape index (κ2) is 11.5. The van der Waals surface area contributed by atoms with E-state index < -0.39 is 0 Å². The molecule has 0 spiro atoms. The monoisotopic (exact) mass is 728 g/mol. The lowest BCUT2D eigenvalue weighted by Gasteiger charge is -2.22. The normalized spacial score (nSPS) is 14.5. The first-order valence-electron chi connectivity index (χ1n) is 19.6. The summed E-state index contributed by atoms with van der Waals surface area (Å²) >= 11 is 0. The standard InChI is InChI=1S/C52H32N4O/c1-2-14-34(15-3-1)55-43-21-8-6-16-37(43)40-29-33(24-26-45(40)55)35-18-10-19-38-36(35)25-27-46-49(38)39-17-7-9-22-44(39)56(46)52-53-42-20-11-23-47-50(42)51(54-52)41-28-31-12-4-5-13-32(31)30-48(41)57-47/h1-28,30,33H,29H2.